The third kappa shape index (κ3) is 2.98. The van der Waals surface area contributed by atoms with Crippen molar-refractivity contribution < 1.29 is 9.59 Å². The molecule has 0 aromatic carbocycles. The number of halogens is 1. The van der Waals surface area contributed by atoms with Crippen molar-refractivity contribution in [2.45, 2.75) is 26.4 Å². The third-order valence-corrected chi connectivity index (χ3v) is 5.17. The van der Waals surface area contributed by atoms with E-state index in [1.165, 1.54) is 0 Å². The zero-order chi connectivity index (χ0) is 19.1. The number of aromatic nitrogens is 3. The number of hydrogen-bond acceptors (Lipinski definition) is 3. The number of nitrogens with one attached hydrogen (secondary N) is 1. The highest BCUT2D eigenvalue weighted by atomic mass is 35.5. The van der Waals surface area contributed by atoms with Gasteiger partial charge in [0.15, 0.2) is 5.69 Å². The van der Waals surface area contributed by atoms with E-state index in [9.17, 15) is 9.59 Å². The van der Waals surface area contributed by atoms with Gasteiger partial charge in [-0.3, -0.25) is 9.59 Å². The highest BCUT2D eigenvalue weighted by molar-refractivity contribution is 6.30. The van der Waals surface area contributed by atoms with Crippen LogP contribution in [0.2, 0.25) is 5.02 Å². The number of carbonyl (C=O) groups is 2. The molecule has 4 rings (SSSR count). The molecule has 140 valence electrons. The lowest BCUT2D eigenvalue weighted by atomic mass is 10.1. The Hall–Kier alpha value is -2.80. The molecule has 3 aromatic rings. The lowest BCUT2D eigenvalue weighted by Gasteiger charge is -2.35. The summed E-state index contributed by atoms with van der Waals surface area (Å²) in [6, 6.07) is 8.94. The van der Waals surface area contributed by atoms with Crippen LogP contribution in [0.4, 0.5) is 0 Å². The number of hydrogen-bond donors (Lipinski definition) is 1. The molecule has 0 saturated heterocycles. The second-order valence-electron chi connectivity index (χ2n) is 6.58. The van der Waals surface area contributed by atoms with E-state index in [0.717, 1.165) is 11.2 Å². The molecule has 1 unspecified atom stereocenters. The number of rotatable bonds is 3. The smallest absolute Gasteiger partial charge is 0.275 e. The van der Waals surface area contributed by atoms with E-state index in [4.69, 9.17) is 11.6 Å². The quantitative estimate of drug-likeness (QED) is 0.753. The zero-order valence-electron chi connectivity index (χ0n) is 15.1. The van der Waals surface area contributed by atoms with Crippen molar-refractivity contribution in [3.05, 3.63) is 58.6 Å². The van der Waals surface area contributed by atoms with Crippen LogP contribution in [-0.4, -0.2) is 44.0 Å². The van der Waals surface area contributed by atoms with Crippen LogP contribution < -0.4 is 5.32 Å². The van der Waals surface area contributed by atoms with Gasteiger partial charge in [-0.1, -0.05) is 11.6 Å². The highest BCUT2D eigenvalue weighted by Gasteiger charge is 2.31. The van der Waals surface area contributed by atoms with Crippen LogP contribution in [0.3, 0.4) is 0 Å². The Bertz CT molecular complexity index is 1040. The topological polar surface area (TPSA) is 71.6 Å². The maximum atomic E-state index is 13.0. The Morgan fingerprint density at radius 2 is 2.07 bits per heavy atom. The second-order valence-corrected chi connectivity index (χ2v) is 7.01. The van der Waals surface area contributed by atoms with Crippen molar-refractivity contribution in [3.8, 4) is 0 Å². The summed E-state index contributed by atoms with van der Waals surface area (Å²) in [4.78, 5) is 27.1. The molecule has 1 aliphatic heterocycles. The molecule has 0 spiro atoms. The maximum absolute atomic E-state index is 13.0. The van der Waals surface area contributed by atoms with Gasteiger partial charge < -0.3 is 14.8 Å². The van der Waals surface area contributed by atoms with Crippen molar-refractivity contribution in [2.75, 3.05) is 13.1 Å². The summed E-state index contributed by atoms with van der Waals surface area (Å²) in [6.45, 7) is 5.53. The Morgan fingerprint density at radius 1 is 1.26 bits per heavy atom. The van der Waals surface area contributed by atoms with Gasteiger partial charge in [-0.25, -0.2) is 4.52 Å². The first-order chi connectivity index (χ1) is 13.0. The molecule has 0 aliphatic carbocycles. The van der Waals surface area contributed by atoms with Gasteiger partial charge in [-0.2, -0.15) is 5.10 Å². The van der Waals surface area contributed by atoms with Gasteiger partial charge in [-0.15, -0.1) is 0 Å². The Balaban J connectivity index is 1.62. The average Bonchev–Trinajstić information content (AvgIpc) is 3.25. The van der Waals surface area contributed by atoms with Crippen LogP contribution in [0.15, 0.2) is 36.5 Å². The van der Waals surface area contributed by atoms with Crippen molar-refractivity contribution in [2.24, 2.45) is 0 Å². The number of amides is 2. The standard InChI is InChI=1S/C19H20ClN5O2/c1-3-21-18(26)17-7-6-16-12(2)23(8-9-24(16)17)19(27)15-10-14-5-4-13(20)11-25(14)22-15/h4-7,10-12H,3,8-9H2,1-2H3,(H,21,26). The van der Waals surface area contributed by atoms with E-state index in [0.29, 0.717) is 36.0 Å². The molecule has 0 saturated carbocycles. The molecule has 8 heteroatoms. The number of fused-ring (bicyclic) bond motifs is 2. The first-order valence-electron chi connectivity index (χ1n) is 8.93. The van der Waals surface area contributed by atoms with Crippen LogP contribution >= 0.6 is 11.6 Å². The molecule has 2 amide bonds. The summed E-state index contributed by atoms with van der Waals surface area (Å²) >= 11 is 5.99. The van der Waals surface area contributed by atoms with Crippen molar-refractivity contribution >= 4 is 28.9 Å². The van der Waals surface area contributed by atoms with E-state index in [1.807, 2.05) is 36.6 Å². The molecular weight excluding hydrogens is 366 g/mol. The first-order valence-corrected chi connectivity index (χ1v) is 9.31. The van der Waals surface area contributed by atoms with Gasteiger partial charge in [0.1, 0.15) is 5.69 Å². The van der Waals surface area contributed by atoms with Gasteiger partial charge in [0.05, 0.1) is 16.6 Å². The highest BCUT2D eigenvalue weighted by Crippen LogP contribution is 2.29. The number of pyridine rings is 1. The van der Waals surface area contributed by atoms with Crippen LogP contribution in [0.5, 0.6) is 0 Å². The molecule has 1 atom stereocenters. The fraction of sp³-hybridized carbons (Fsp3) is 0.316. The van der Waals surface area contributed by atoms with Crippen LogP contribution in [0.1, 0.15) is 46.6 Å². The summed E-state index contributed by atoms with van der Waals surface area (Å²) in [5, 5.41) is 7.76. The summed E-state index contributed by atoms with van der Waals surface area (Å²) in [5.74, 6) is -0.220. The summed E-state index contributed by atoms with van der Waals surface area (Å²) in [5.41, 5.74) is 2.78. The Kier molecular flexibility index (Phi) is 4.39. The lowest BCUT2D eigenvalue weighted by Crippen LogP contribution is -2.42. The van der Waals surface area contributed by atoms with Gasteiger partial charge in [0, 0.05) is 31.5 Å². The lowest BCUT2D eigenvalue weighted by molar-refractivity contribution is 0.0635. The normalized spacial score (nSPS) is 16.4. The van der Waals surface area contributed by atoms with Crippen LogP contribution in [0.25, 0.3) is 5.52 Å². The van der Waals surface area contributed by atoms with Crippen molar-refractivity contribution in [1.82, 2.24) is 24.4 Å². The monoisotopic (exact) mass is 385 g/mol. The minimum atomic E-state index is -0.150. The molecule has 27 heavy (non-hydrogen) atoms. The van der Waals surface area contributed by atoms with Gasteiger partial charge in [0.25, 0.3) is 11.8 Å². The summed E-state index contributed by atoms with van der Waals surface area (Å²) in [7, 11) is 0. The van der Waals surface area contributed by atoms with Crippen molar-refractivity contribution in [1.29, 1.82) is 0 Å². The fourth-order valence-corrected chi connectivity index (χ4v) is 3.75. The summed E-state index contributed by atoms with van der Waals surface area (Å²) in [6.07, 6.45) is 1.68. The van der Waals surface area contributed by atoms with E-state index in [1.54, 1.807) is 27.7 Å². The predicted molar refractivity (Wildman–Crippen MR) is 102 cm³/mol. The zero-order valence-corrected chi connectivity index (χ0v) is 15.9. The average molecular weight is 386 g/mol. The first kappa shape index (κ1) is 17.6. The fourth-order valence-electron chi connectivity index (χ4n) is 3.60. The Morgan fingerprint density at radius 3 is 2.85 bits per heavy atom. The van der Waals surface area contributed by atoms with E-state index in [-0.39, 0.29) is 17.9 Å². The van der Waals surface area contributed by atoms with Gasteiger partial charge >= 0.3 is 0 Å². The molecule has 3 aromatic heterocycles. The Labute approximate surface area is 161 Å². The largest absolute Gasteiger partial charge is 0.351 e. The minimum absolute atomic E-state index is 0.0899. The molecule has 4 heterocycles. The second kappa shape index (κ2) is 6.74. The predicted octanol–water partition coefficient (Wildman–Crippen LogP) is 2.76. The summed E-state index contributed by atoms with van der Waals surface area (Å²) < 4.78 is 3.60. The van der Waals surface area contributed by atoms with E-state index < -0.39 is 0 Å². The molecule has 1 aliphatic rings. The minimum Gasteiger partial charge on any atom is -0.351 e. The third-order valence-electron chi connectivity index (χ3n) is 4.95. The van der Waals surface area contributed by atoms with Crippen LogP contribution in [-0.2, 0) is 6.54 Å². The van der Waals surface area contributed by atoms with E-state index >= 15 is 0 Å². The number of carbonyl (C=O) groups excluding carboxylic acids is 2. The molecular formula is C19H20ClN5O2. The molecule has 1 N–H and O–H groups in total. The number of nitrogens with zero attached hydrogens (tertiary/aromatic N) is 4. The van der Waals surface area contributed by atoms with Gasteiger partial charge in [0.2, 0.25) is 0 Å². The van der Waals surface area contributed by atoms with Crippen LogP contribution in [0, 0.1) is 0 Å². The molecule has 0 radical (unpaired) electrons. The molecule has 7 nitrogen and oxygen atoms in total. The molecule has 0 bridgehead atoms. The molecule has 0 fully saturated rings. The SMILES string of the molecule is CCNC(=O)c1ccc2n1CCN(C(=O)c1cc3ccc(Cl)cn3n1)C2C. The van der Waals surface area contributed by atoms with E-state index in [2.05, 4.69) is 10.4 Å². The van der Waals surface area contributed by atoms with Gasteiger partial charge in [-0.05, 0) is 44.2 Å². The maximum Gasteiger partial charge on any atom is 0.275 e. The van der Waals surface area contributed by atoms with Crippen molar-refractivity contribution in [3.63, 3.8) is 0 Å².